The van der Waals surface area contributed by atoms with Crippen molar-refractivity contribution in [3.05, 3.63) is 35.9 Å². The lowest BCUT2D eigenvalue weighted by atomic mass is 10.0. The Labute approximate surface area is 88.4 Å². The summed E-state index contributed by atoms with van der Waals surface area (Å²) in [5.41, 5.74) is 0.913. The largest absolute Gasteiger partial charge is 0.389 e. The average molecular weight is 209 g/mol. The Hall–Kier alpha value is -0.940. The molecule has 4 heteroatoms. The summed E-state index contributed by atoms with van der Waals surface area (Å²) in [6.07, 6.45) is -1.62. The summed E-state index contributed by atoms with van der Waals surface area (Å²) >= 11 is 0. The highest BCUT2D eigenvalue weighted by Crippen LogP contribution is 2.31. The Morgan fingerprint density at radius 3 is 2.47 bits per heavy atom. The van der Waals surface area contributed by atoms with Crippen LogP contribution >= 0.6 is 0 Å². The molecule has 1 aromatic rings. The number of β-amino-alcohol motifs (C(OH)–C–C–N with tert-alkyl or cyclic N) is 1. The van der Waals surface area contributed by atoms with Crippen molar-refractivity contribution in [3.63, 3.8) is 0 Å². The van der Waals surface area contributed by atoms with Crippen LogP contribution in [0.4, 0.5) is 0 Å². The molecule has 0 aromatic heterocycles. The molecule has 3 atom stereocenters. The van der Waals surface area contributed by atoms with Crippen LogP contribution in [0.3, 0.4) is 0 Å². The molecule has 2 rings (SSSR count). The fourth-order valence-electron chi connectivity index (χ4n) is 2.09. The van der Waals surface area contributed by atoms with Crippen molar-refractivity contribution in [2.24, 2.45) is 0 Å². The summed E-state index contributed by atoms with van der Waals surface area (Å²) in [4.78, 5) is 1.66. The molecule has 15 heavy (non-hydrogen) atoms. The molecule has 0 saturated carbocycles. The molecule has 1 fully saturated rings. The highest BCUT2D eigenvalue weighted by molar-refractivity contribution is 5.22. The number of aliphatic hydroxyl groups is 3. The molecule has 1 aliphatic rings. The van der Waals surface area contributed by atoms with Gasteiger partial charge < -0.3 is 15.3 Å². The Balaban J connectivity index is 2.26. The van der Waals surface area contributed by atoms with E-state index in [9.17, 15) is 10.2 Å². The van der Waals surface area contributed by atoms with Crippen LogP contribution in [0.2, 0.25) is 0 Å². The first kappa shape index (κ1) is 10.6. The fraction of sp³-hybridized carbons (Fsp3) is 0.455. The smallest absolute Gasteiger partial charge is 0.101 e. The standard InChI is InChI=1S/C11H15NO3/c13-7-12-6-9(14)11(15)10(12)8-4-2-1-3-5-8/h1-5,9-11,13-15H,6-7H2. The average Bonchev–Trinajstić information content (AvgIpc) is 2.56. The number of rotatable bonds is 2. The van der Waals surface area contributed by atoms with Crippen LogP contribution in [0, 0.1) is 0 Å². The van der Waals surface area contributed by atoms with Gasteiger partial charge in [-0.2, -0.15) is 0 Å². The van der Waals surface area contributed by atoms with Crippen LogP contribution in [-0.4, -0.2) is 45.7 Å². The van der Waals surface area contributed by atoms with Crippen molar-refractivity contribution >= 4 is 0 Å². The van der Waals surface area contributed by atoms with E-state index in [1.165, 1.54) is 0 Å². The van der Waals surface area contributed by atoms with Gasteiger partial charge in [0.15, 0.2) is 0 Å². The monoisotopic (exact) mass is 209 g/mol. The van der Waals surface area contributed by atoms with E-state index in [1.807, 2.05) is 30.3 Å². The van der Waals surface area contributed by atoms with Crippen molar-refractivity contribution in [2.75, 3.05) is 13.3 Å². The number of benzene rings is 1. The summed E-state index contributed by atoms with van der Waals surface area (Å²) in [6.45, 7) is 0.144. The molecule has 3 N–H and O–H groups in total. The number of aliphatic hydroxyl groups excluding tert-OH is 3. The van der Waals surface area contributed by atoms with Crippen LogP contribution in [0.1, 0.15) is 11.6 Å². The summed E-state index contributed by atoms with van der Waals surface area (Å²) in [5, 5.41) is 28.5. The third-order valence-electron chi connectivity index (χ3n) is 2.86. The van der Waals surface area contributed by atoms with Gasteiger partial charge in [-0.05, 0) is 5.56 Å². The molecule has 0 spiro atoms. The normalized spacial score (nSPS) is 32.1. The molecule has 0 amide bonds. The minimum atomic E-state index is -0.834. The van der Waals surface area contributed by atoms with Crippen molar-refractivity contribution < 1.29 is 15.3 Å². The molecule has 0 radical (unpaired) electrons. The van der Waals surface area contributed by atoms with Gasteiger partial charge in [0.25, 0.3) is 0 Å². The number of likely N-dealkylation sites (tertiary alicyclic amines) is 1. The predicted octanol–water partition coefficient (Wildman–Crippen LogP) is -0.285. The van der Waals surface area contributed by atoms with Gasteiger partial charge in [0, 0.05) is 6.54 Å². The molecule has 1 saturated heterocycles. The summed E-state index contributed by atoms with van der Waals surface area (Å²) in [6, 6.07) is 9.10. The minimum absolute atomic E-state index is 0.159. The predicted molar refractivity (Wildman–Crippen MR) is 55.0 cm³/mol. The SMILES string of the molecule is OCN1CC(O)C(O)C1c1ccccc1. The van der Waals surface area contributed by atoms with Gasteiger partial charge >= 0.3 is 0 Å². The lowest BCUT2D eigenvalue weighted by Gasteiger charge is -2.23. The lowest BCUT2D eigenvalue weighted by molar-refractivity contribution is 0.0301. The highest BCUT2D eigenvalue weighted by Gasteiger charge is 2.40. The van der Waals surface area contributed by atoms with Crippen LogP contribution in [0.25, 0.3) is 0 Å². The molecular weight excluding hydrogens is 194 g/mol. The third kappa shape index (κ3) is 1.89. The zero-order chi connectivity index (χ0) is 10.8. The quantitative estimate of drug-likeness (QED) is 0.626. The maximum Gasteiger partial charge on any atom is 0.101 e. The molecule has 0 aliphatic carbocycles. The highest BCUT2D eigenvalue weighted by atomic mass is 16.3. The molecule has 0 bridgehead atoms. The Morgan fingerprint density at radius 1 is 1.20 bits per heavy atom. The van der Waals surface area contributed by atoms with Crippen LogP contribution < -0.4 is 0 Å². The maximum absolute atomic E-state index is 9.81. The second-order valence-corrected chi connectivity index (χ2v) is 3.83. The van der Waals surface area contributed by atoms with E-state index < -0.39 is 12.2 Å². The second-order valence-electron chi connectivity index (χ2n) is 3.83. The first-order chi connectivity index (χ1) is 7.24. The van der Waals surface area contributed by atoms with Gasteiger partial charge in [0.2, 0.25) is 0 Å². The van der Waals surface area contributed by atoms with Gasteiger partial charge in [-0.3, -0.25) is 4.90 Å². The van der Waals surface area contributed by atoms with Crippen molar-refractivity contribution in [3.8, 4) is 0 Å². The van der Waals surface area contributed by atoms with Crippen molar-refractivity contribution in [1.29, 1.82) is 0 Å². The first-order valence-electron chi connectivity index (χ1n) is 5.00. The van der Waals surface area contributed by atoms with Crippen LogP contribution in [0.15, 0.2) is 30.3 Å². The minimum Gasteiger partial charge on any atom is -0.389 e. The van der Waals surface area contributed by atoms with E-state index in [-0.39, 0.29) is 12.8 Å². The van der Waals surface area contributed by atoms with Gasteiger partial charge in [0.1, 0.15) is 6.10 Å². The van der Waals surface area contributed by atoms with E-state index in [4.69, 9.17) is 5.11 Å². The Morgan fingerprint density at radius 2 is 1.87 bits per heavy atom. The fourth-order valence-corrected chi connectivity index (χ4v) is 2.09. The van der Waals surface area contributed by atoms with Gasteiger partial charge in [-0.25, -0.2) is 0 Å². The van der Waals surface area contributed by atoms with Crippen molar-refractivity contribution in [1.82, 2.24) is 4.90 Å². The summed E-state index contributed by atoms with van der Waals surface area (Å²) in [7, 11) is 0. The van der Waals surface area contributed by atoms with Crippen molar-refractivity contribution in [2.45, 2.75) is 18.2 Å². The van der Waals surface area contributed by atoms with E-state index >= 15 is 0 Å². The van der Waals surface area contributed by atoms with Gasteiger partial charge in [0.05, 0.1) is 18.9 Å². The molecule has 1 aromatic carbocycles. The topological polar surface area (TPSA) is 63.9 Å². The van der Waals surface area contributed by atoms with E-state index in [0.717, 1.165) is 5.56 Å². The molecule has 82 valence electrons. The zero-order valence-electron chi connectivity index (χ0n) is 8.32. The third-order valence-corrected chi connectivity index (χ3v) is 2.86. The van der Waals surface area contributed by atoms with E-state index in [2.05, 4.69) is 0 Å². The molecule has 1 aliphatic heterocycles. The van der Waals surface area contributed by atoms with Crippen LogP contribution in [-0.2, 0) is 0 Å². The van der Waals surface area contributed by atoms with E-state index in [1.54, 1.807) is 4.90 Å². The van der Waals surface area contributed by atoms with Crippen LogP contribution in [0.5, 0.6) is 0 Å². The maximum atomic E-state index is 9.81. The summed E-state index contributed by atoms with van der Waals surface area (Å²) in [5.74, 6) is 0. The number of hydrogen-bond acceptors (Lipinski definition) is 4. The van der Waals surface area contributed by atoms with Gasteiger partial charge in [-0.15, -0.1) is 0 Å². The first-order valence-corrected chi connectivity index (χ1v) is 5.00. The second kappa shape index (κ2) is 4.28. The van der Waals surface area contributed by atoms with Gasteiger partial charge in [-0.1, -0.05) is 30.3 Å². The molecular formula is C11H15NO3. The molecule has 3 unspecified atom stereocenters. The Bertz CT molecular complexity index is 317. The lowest BCUT2D eigenvalue weighted by Crippen LogP contribution is -2.28. The van der Waals surface area contributed by atoms with E-state index in [0.29, 0.717) is 6.54 Å². The number of nitrogens with zero attached hydrogens (tertiary/aromatic N) is 1. The number of hydrogen-bond donors (Lipinski definition) is 3. The Kier molecular flexibility index (Phi) is 3.02. The molecule has 1 heterocycles. The zero-order valence-corrected chi connectivity index (χ0v) is 8.32. The summed E-state index contributed by atoms with van der Waals surface area (Å²) < 4.78 is 0. The molecule has 4 nitrogen and oxygen atoms in total.